The van der Waals surface area contributed by atoms with E-state index in [0.29, 0.717) is 27.7 Å². The Bertz CT molecular complexity index is 641. The number of carbonyl (C=O) groups is 1. The molecule has 0 fully saturated rings. The predicted octanol–water partition coefficient (Wildman–Crippen LogP) is 3.95. The number of nitrogen functional groups attached to an aromatic ring is 1. The number of amides is 1. The van der Waals surface area contributed by atoms with Gasteiger partial charge in [0.1, 0.15) is 5.75 Å². The van der Waals surface area contributed by atoms with Crippen molar-refractivity contribution in [2.75, 3.05) is 18.2 Å². The van der Waals surface area contributed by atoms with Crippen molar-refractivity contribution in [1.29, 1.82) is 0 Å². The van der Waals surface area contributed by atoms with E-state index in [0.717, 1.165) is 4.47 Å². The molecule has 6 heteroatoms. The van der Waals surface area contributed by atoms with Crippen molar-refractivity contribution < 1.29 is 9.53 Å². The summed E-state index contributed by atoms with van der Waals surface area (Å²) in [6.07, 6.45) is 0. The number of nitrogens with two attached hydrogens (primary N) is 1. The van der Waals surface area contributed by atoms with Crippen LogP contribution in [-0.4, -0.2) is 13.0 Å². The zero-order valence-corrected chi connectivity index (χ0v) is 13.0. The van der Waals surface area contributed by atoms with Crippen LogP contribution in [0.4, 0.5) is 11.4 Å². The summed E-state index contributed by atoms with van der Waals surface area (Å²) in [7, 11) is 1.52. The summed E-state index contributed by atoms with van der Waals surface area (Å²) in [5.41, 5.74) is 7.16. The molecule has 0 saturated carbocycles. The maximum absolute atomic E-state index is 12.2. The number of benzene rings is 2. The van der Waals surface area contributed by atoms with E-state index >= 15 is 0 Å². The molecule has 0 bridgehead atoms. The quantitative estimate of drug-likeness (QED) is 0.820. The van der Waals surface area contributed by atoms with Crippen molar-refractivity contribution in [1.82, 2.24) is 0 Å². The number of halogens is 2. The molecule has 0 heterocycles. The van der Waals surface area contributed by atoms with Gasteiger partial charge in [-0.2, -0.15) is 0 Å². The molecule has 3 N–H and O–H groups in total. The topological polar surface area (TPSA) is 64.3 Å². The summed E-state index contributed by atoms with van der Waals surface area (Å²) in [5.74, 6) is 0.240. The second kappa shape index (κ2) is 6.15. The molecule has 0 aromatic heterocycles. The minimum absolute atomic E-state index is 0.293. The highest BCUT2D eigenvalue weighted by molar-refractivity contribution is 9.10. The van der Waals surface area contributed by atoms with Gasteiger partial charge in [-0.1, -0.05) is 27.5 Å². The largest absolute Gasteiger partial charge is 0.495 e. The Labute approximate surface area is 130 Å². The minimum atomic E-state index is -0.293. The van der Waals surface area contributed by atoms with Crippen LogP contribution in [0, 0.1) is 0 Å². The van der Waals surface area contributed by atoms with Crippen LogP contribution >= 0.6 is 27.5 Å². The minimum Gasteiger partial charge on any atom is -0.495 e. The number of ether oxygens (including phenoxy) is 1. The van der Waals surface area contributed by atoms with Gasteiger partial charge in [0.05, 0.1) is 12.8 Å². The molecular formula is C14H12BrClN2O2. The lowest BCUT2D eigenvalue weighted by Crippen LogP contribution is -2.13. The van der Waals surface area contributed by atoms with Crippen LogP contribution in [-0.2, 0) is 0 Å². The Morgan fingerprint density at radius 3 is 2.70 bits per heavy atom. The number of nitrogens with one attached hydrogen (secondary N) is 1. The summed E-state index contributed by atoms with van der Waals surface area (Å²) in [5, 5.41) is 3.26. The van der Waals surface area contributed by atoms with Gasteiger partial charge in [-0.25, -0.2) is 0 Å². The number of rotatable bonds is 3. The Kier molecular flexibility index (Phi) is 4.52. The lowest BCUT2D eigenvalue weighted by Gasteiger charge is -2.11. The van der Waals surface area contributed by atoms with Crippen molar-refractivity contribution in [3.8, 4) is 5.75 Å². The number of carbonyl (C=O) groups excluding carboxylic acids is 1. The summed E-state index contributed by atoms with van der Waals surface area (Å²) in [4.78, 5) is 12.2. The molecule has 0 saturated heterocycles. The van der Waals surface area contributed by atoms with Gasteiger partial charge in [-0.3, -0.25) is 4.79 Å². The first-order valence-corrected chi connectivity index (χ1v) is 6.87. The highest BCUT2D eigenvalue weighted by atomic mass is 79.9. The van der Waals surface area contributed by atoms with Crippen molar-refractivity contribution in [2.24, 2.45) is 0 Å². The fourth-order valence-electron chi connectivity index (χ4n) is 1.72. The summed E-state index contributed by atoms with van der Waals surface area (Å²) >= 11 is 9.22. The maximum Gasteiger partial charge on any atom is 0.255 e. The van der Waals surface area contributed by atoms with Crippen LogP contribution in [0.15, 0.2) is 40.9 Å². The van der Waals surface area contributed by atoms with Crippen LogP contribution in [0.25, 0.3) is 0 Å². The lowest BCUT2D eigenvalue weighted by atomic mass is 10.2. The second-order valence-electron chi connectivity index (χ2n) is 4.07. The summed E-state index contributed by atoms with van der Waals surface area (Å²) in [6.45, 7) is 0. The van der Waals surface area contributed by atoms with E-state index in [1.54, 1.807) is 36.4 Å². The number of methoxy groups -OCH3 is 1. The number of hydrogen-bond acceptors (Lipinski definition) is 3. The van der Waals surface area contributed by atoms with Crippen molar-refractivity contribution in [3.63, 3.8) is 0 Å². The third-order valence-corrected chi connectivity index (χ3v) is 3.28. The molecule has 1 amide bonds. The van der Waals surface area contributed by atoms with Crippen LogP contribution in [0.2, 0.25) is 5.02 Å². The van der Waals surface area contributed by atoms with Gasteiger partial charge < -0.3 is 15.8 Å². The summed E-state index contributed by atoms with van der Waals surface area (Å²) in [6, 6.07) is 10.00. The van der Waals surface area contributed by atoms with E-state index in [4.69, 9.17) is 22.1 Å². The van der Waals surface area contributed by atoms with Crippen LogP contribution < -0.4 is 15.8 Å². The van der Waals surface area contributed by atoms with Gasteiger partial charge in [0.15, 0.2) is 0 Å². The lowest BCUT2D eigenvalue weighted by molar-refractivity contribution is 0.102. The molecule has 4 nitrogen and oxygen atoms in total. The summed E-state index contributed by atoms with van der Waals surface area (Å²) < 4.78 is 5.91. The number of anilines is 2. The molecule has 0 aliphatic heterocycles. The van der Waals surface area contributed by atoms with Gasteiger partial charge >= 0.3 is 0 Å². The molecule has 0 radical (unpaired) electrons. The van der Waals surface area contributed by atoms with Gasteiger partial charge in [-0.05, 0) is 36.4 Å². The van der Waals surface area contributed by atoms with Gasteiger partial charge in [0.2, 0.25) is 0 Å². The van der Waals surface area contributed by atoms with E-state index < -0.39 is 0 Å². The zero-order valence-electron chi connectivity index (χ0n) is 10.6. The van der Waals surface area contributed by atoms with Crippen LogP contribution in [0.3, 0.4) is 0 Å². The second-order valence-corrected chi connectivity index (χ2v) is 5.42. The third-order valence-electron chi connectivity index (χ3n) is 2.59. The fourth-order valence-corrected chi connectivity index (χ4v) is 2.40. The van der Waals surface area contributed by atoms with E-state index in [1.807, 2.05) is 0 Å². The Hall–Kier alpha value is -1.72. The number of hydrogen-bond donors (Lipinski definition) is 2. The van der Waals surface area contributed by atoms with Gasteiger partial charge in [-0.15, -0.1) is 0 Å². The third kappa shape index (κ3) is 3.43. The Balaban J connectivity index is 2.29. The normalized spacial score (nSPS) is 10.2. The van der Waals surface area contributed by atoms with E-state index in [1.165, 1.54) is 7.11 Å². The molecule has 0 aliphatic carbocycles. The molecule has 0 spiro atoms. The first-order chi connectivity index (χ1) is 9.49. The van der Waals surface area contributed by atoms with Crippen LogP contribution in [0.1, 0.15) is 10.4 Å². The SMILES string of the molecule is COc1ccc(Cl)cc1NC(=O)c1cc(N)cc(Br)c1. The fraction of sp³-hybridized carbons (Fsp3) is 0.0714. The predicted molar refractivity (Wildman–Crippen MR) is 84.5 cm³/mol. The highest BCUT2D eigenvalue weighted by Crippen LogP contribution is 2.28. The maximum atomic E-state index is 12.2. The van der Waals surface area contributed by atoms with Crippen LogP contribution in [0.5, 0.6) is 5.75 Å². The molecule has 20 heavy (non-hydrogen) atoms. The average molecular weight is 356 g/mol. The zero-order chi connectivity index (χ0) is 14.7. The van der Waals surface area contributed by atoms with E-state index in [-0.39, 0.29) is 5.91 Å². The van der Waals surface area contributed by atoms with Gasteiger partial charge in [0.25, 0.3) is 5.91 Å². The molecule has 2 aromatic carbocycles. The van der Waals surface area contributed by atoms with E-state index in [9.17, 15) is 4.79 Å². The smallest absolute Gasteiger partial charge is 0.255 e. The first kappa shape index (κ1) is 14.7. The molecule has 0 unspecified atom stereocenters. The molecule has 0 aliphatic rings. The van der Waals surface area contributed by atoms with Gasteiger partial charge in [0, 0.05) is 20.7 Å². The molecule has 0 atom stereocenters. The van der Waals surface area contributed by atoms with Crippen molar-refractivity contribution >= 4 is 44.8 Å². The van der Waals surface area contributed by atoms with Crippen molar-refractivity contribution in [3.05, 3.63) is 51.5 Å². The Morgan fingerprint density at radius 1 is 1.30 bits per heavy atom. The first-order valence-electron chi connectivity index (χ1n) is 5.70. The molecule has 2 aromatic rings. The van der Waals surface area contributed by atoms with Crippen molar-refractivity contribution in [2.45, 2.75) is 0 Å². The molecular weight excluding hydrogens is 344 g/mol. The average Bonchev–Trinajstić information content (AvgIpc) is 2.37. The standard InChI is InChI=1S/C14H12BrClN2O2/c1-20-13-3-2-10(16)7-12(13)18-14(19)8-4-9(15)6-11(17)5-8/h2-7H,17H2,1H3,(H,18,19). The molecule has 104 valence electrons. The molecule has 2 rings (SSSR count). The highest BCUT2D eigenvalue weighted by Gasteiger charge is 2.11. The van der Waals surface area contributed by atoms with E-state index in [2.05, 4.69) is 21.2 Å². The Morgan fingerprint density at radius 2 is 2.05 bits per heavy atom. The monoisotopic (exact) mass is 354 g/mol.